The third kappa shape index (κ3) is 6.26. The van der Waals surface area contributed by atoms with E-state index in [1.807, 2.05) is 66.9 Å². The van der Waals surface area contributed by atoms with E-state index < -0.39 is 6.04 Å². The molecule has 3 aromatic carbocycles. The van der Waals surface area contributed by atoms with Gasteiger partial charge < -0.3 is 15.4 Å². The number of benzene rings is 3. The van der Waals surface area contributed by atoms with E-state index in [4.69, 9.17) is 4.74 Å². The zero-order chi connectivity index (χ0) is 20.5. The largest absolute Gasteiger partial charge is 0.484 e. The number of carbonyl (C=O) groups excluding carboxylic acids is 2. The van der Waals surface area contributed by atoms with Crippen molar-refractivity contribution in [1.29, 1.82) is 0 Å². The van der Waals surface area contributed by atoms with Crippen LogP contribution in [0.4, 0.5) is 5.69 Å². The molecule has 0 spiro atoms. The smallest absolute Gasteiger partial charge is 0.258 e. The first-order chi connectivity index (χ1) is 14.2. The van der Waals surface area contributed by atoms with Crippen molar-refractivity contribution < 1.29 is 14.3 Å². The van der Waals surface area contributed by atoms with Crippen LogP contribution in [0.15, 0.2) is 72.8 Å². The van der Waals surface area contributed by atoms with Crippen molar-refractivity contribution in [3.05, 3.63) is 72.8 Å². The number of amides is 2. The van der Waals surface area contributed by atoms with Gasteiger partial charge in [0, 0.05) is 5.69 Å². The number of nitrogens with one attached hydrogen (secondary N) is 2. The Bertz CT molecular complexity index is 963. The van der Waals surface area contributed by atoms with Gasteiger partial charge in [-0.2, -0.15) is 11.8 Å². The quantitative estimate of drug-likeness (QED) is 0.560. The maximum atomic E-state index is 12.8. The summed E-state index contributed by atoms with van der Waals surface area (Å²) in [4.78, 5) is 25.1. The second kappa shape index (κ2) is 10.5. The molecule has 0 aliphatic carbocycles. The Morgan fingerprint density at radius 2 is 1.69 bits per heavy atom. The van der Waals surface area contributed by atoms with Crippen LogP contribution in [0.2, 0.25) is 0 Å². The monoisotopic (exact) mass is 408 g/mol. The van der Waals surface area contributed by atoms with Crippen LogP contribution in [0.3, 0.4) is 0 Å². The molecule has 3 aromatic rings. The molecule has 1 atom stereocenters. The number of thioether (sulfide) groups is 1. The average Bonchev–Trinajstić information content (AvgIpc) is 2.75. The normalized spacial score (nSPS) is 11.6. The molecule has 1 unspecified atom stereocenters. The van der Waals surface area contributed by atoms with E-state index in [1.54, 1.807) is 23.9 Å². The predicted molar refractivity (Wildman–Crippen MR) is 119 cm³/mol. The molecule has 0 saturated heterocycles. The van der Waals surface area contributed by atoms with Crippen molar-refractivity contribution in [2.75, 3.05) is 23.9 Å². The van der Waals surface area contributed by atoms with Crippen LogP contribution < -0.4 is 15.4 Å². The van der Waals surface area contributed by atoms with E-state index >= 15 is 0 Å². The summed E-state index contributed by atoms with van der Waals surface area (Å²) >= 11 is 1.63. The first-order valence-corrected chi connectivity index (χ1v) is 10.8. The Kier molecular flexibility index (Phi) is 7.53. The zero-order valence-electron chi connectivity index (χ0n) is 16.3. The van der Waals surface area contributed by atoms with Crippen LogP contribution in [-0.2, 0) is 9.59 Å². The molecule has 0 radical (unpaired) electrons. The van der Waals surface area contributed by atoms with E-state index in [-0.39, 0.29) is 18.4 Å². The number of rotatable bonds is 9. The first kappa shape index (κ1) is 20.7. The van der Waals surface area contributed by atoms with Crippen LogP contribution in [0.5, 0.6) is 5.75 Å². The molecule has 3 rings (SSSR count). The molecule has 150 valence electrons. The highest BCUT2D eigenvalue weighted by Gasteiger charge is 2.21. The molecule has 2 amide bonds. The number of para-hydroxylation sites is 1. The summed E-state index contributed by atoms with van der Waals surface area (Å²) in [5.41, 5.74) is 0.706. The van der Waals surface area contributed by atoms with Crippen molar-refractivity contribution in [2.45, 2.75) is 12.5 Å². The third-order valence-corrected chi connectivity index (χ3v) is 5.04. The third-order valence-electron chi connectivity index (χ3n) is 4.39. The summed E-state index contributed by atoms with van der Waals surface area (Å²) < 4.78 is 5.47. The van der Waals surface area contributed by atoms with Crippen molar-refractivity contribution in [3.63, 3.8) is 0 Å². The van der Waals surface area contributed by atoms with E-state index in [0.717, 1.165) is 16.5 Å². The SMILES string of the molecule is CSCCC(NC(=O)COc1ccccc1)C(=O)Nc1ccc2ccccc2c1. The lowest BCUT2D eigenvalue weighted by Gasteiger charge is -2.18. The van der Waals surface area contributed by atoms with Crippen molar-refractivity contribution in [2.24, 2.45) is 0 Å². The summed E-state index contributed by atoms with van der Waals surface area (Å²) in [5.74, 6) is 0.815. The minimum atomic E-state index is -0.624. The topological polar surface area (TPSA) is 67.4 Å². The minimum absolute atomic E-state index is 0.136. The summed E-state index contributed by atoms with van der Waals surface area (Å²) in [7, 11) is 0. The summed E-state index contributed by atoms with van der Waals surface area (Å²) in [6.07, 6.45) is 2.51. The Hall–Kier alpha value is -2.99. The van der Waals surface area contributed by atoms with Gasteiger partial charge in [0.25, 0.3) is 5.91 Å². The van der Waals surface area contributed by atoms with Gasteiger partial charge in [-0.3, -0.25) is 9.59 Å². The Balaban J connectivity index is 1.61. The lowest BCUT2D eigenvalue weighted by molar-refractivity contribution is -0.127. The Morgan fingerprint density at radius 3 is 2.45 bits per heavy atom. The molecule has 0 saturated carbocycles. The summed E-state index contributed by atoms with van der Waals surface area (Å²) in [6, 6.07) is 22.2. The zero-order valence-corrected chi connectivity index (χ0v) is 17.1. The van der Waals surface area contributed by atoms with Crippen molar-refractivity contribution in [1.82, 2.24) is 5.32 Å². The molecule has 0 fully saturated rings. The second-order valence-corrected chi connectivity index (χ2v) is 7.54. The van der Waals surface area contributed by atoms with Gasteiger partial charge in [-0.05, 0) is 53.5 Å². The van der Waals surface area contributed by atoms with Gasteiger partial charge in [-0.25, -0.2) is 0 Å². The van der Waals surface area contributed by atoms with Gasteiger partial charge in [-0.1, -0.05) is 48.5 Å². The maximum absolute atomic E-state index is 12.8. The average molecular weight is 409 g/mol. The van der Waals surface area contributed by atoms with Crippen molar-refractivity contribution >= 4 is 40.0 Å². The maximum Gasteiger partial charge on any atom is 0.258 e. The highest BCUT2D eigenvalue weighted by atomic mass is 32.2. The second-order valence-electron chi connectivity index (χ2n) is 6.55. The molecule has 5 nitrogen and oxygen atoms in total. The van der Waals surface area contributed by atoms with Crippen LogP contribution in [0.1, 0.15) is 6.42 Å². The van der Waals surface area contributed by atoms with Crippen LogP contribution in [-0.4, -0.2) is 36.5 Å². The molecular formula is C23H24N2O3S. The van der Waals surface area contributed by atoms with E-state index in [0.29, 0.717) is 17.9 Å². The number of ether oxygens (including phenoxy) is 1. The molecular weight excluding hydrogens is 384 g/mol. The fraction of sp³-hybridized carbons (Fsp3) is 0.217. The highest BCUT2D eigenvalue weighted by molar-refractivity contribution is 7.98. The molecule has 0 aliphatic rings. The number of carbonyl (C=O) groups is 2. The number of hydrogen-bond donors (Lipinski definition) is 2. The van der Waals surface area contributed by atoms with Gasteiger partial charge >= 0.3 is 0 Å². The fourth-order valence-electron chi connectivity index (χ4n) is 2.90. The van der Waals surface area contributed by atoms with Crippen LogP contribution >= 0.6 is 11.8 Å². The molecule has 0 aromatic heterocycles. The Morgan fingerprint density at radius 1 is 0.966 bits per heavy atom. The van der Waals surface area contributed by atoms with Gasteiger partial charge in [0.15, 0.2) is 6.61 Å². The molecule has 6 heteroatoms. The predicted octanol–water partition coefficient (Wildman–Crippen LogP) is 4.10. The number of hydrogen-bond acceptors (Lipinski definition) is 4. The van der Waals surface area contributed by atoms with E-state index in [1.165, 1.54) is 0 Å². The van der Waals surface area contributed by atoms with Gasteiger partial charge in [-0.15, -0.1) is 0 Å². The fourth-order valence-corrected chi connectivity index (χ4v) is 3.37. The first-order valence-electron chi connectivity index (χ1n) is 9.41. The van der Waals surface area contributed by atoms with E-state index in [2.05, 4.69) is 10.6 Å². The number of fused-ring (bicyclic) bond motifs is 1. The Labute approximate surface area is 174 Å². The minimum Gasteiger partial charge on any atom is -0.484 e. The summed E-state index contributed by atoms with van der Waals surface area (Å²) in [6.45, 7) is -0.136. The molecule has 29 heavy (non-hydrogen) atoms. The lowest BCUT2D eigenvalue weighted by atomic mass is 10.1. The lowest BCUT2D eigenvalue weighted by Crippen LogP contribution is -2.45. The van der Waals surface area contributed by atoms with Gasteiger partial charge in [0.1, 0.15) is 11.8 Å². The van der Waals surface area contributed by atoms with Crippen molar-refractivity contribution in [3.8, 4) is 5.75 Å². The molecule has 0 aliphatic heterocycles. The van der Waals surface area contributed by atoms with Gasteiger partial charge in [0.2, 0.25) is 5.91 Å². The molecule has 2 N–H and O–H groups in total. The van der Waals surface area contributed by atoms with Gasteiger partial charge in [0.05, 0.1) is 0 Å². The van der Waals surface area contributed by atoms with Crippen LogP contribution in [0.25, 0.3) is 10.8 Å². The van der Waals surface area contributed by atoms with E-state index in [9.17, 15) is 9.59 Å². The standard InChI is InChI=1S/C23H24N2O3S/c1-29-14-13-21(25-22(26)16-28-20-9-3-2-4-10-20)23(27)24-19-12-11-17-7-5-6-8-18(17)15-19/h2-12,15,21H,13-14,16H2,1H3,(H,24,27)(H,25,26). The number of anilines is 1. The summed E-state index contributed by atoms with van der Waals surface area (Å²) in [5, 5.41) is 7.86. The molecule has 0 heterocycles. The van der Waals surface area contributed by atoms with Crippen LogP contribution in [0, 0.1) is 0 Å². The highest BCUT2D eigenvalue weighted by Crippen LogP contribution is 2.19. The molecule has 0 bridgehead atoms.